The Labute approximate surface area is 245 Å². The first-order valence-electron chi connectivity index (χ1n) is 12.0. The van der Waals surface area contributed by atoms with Gasteiger partial charge in [0.05, 0.1) is 34.5 Å². The number of carbonyl (C=O) groups is 2. The minimum absolute atomic E-state index is 0.0111. The molecule has 0 aliphatic heterocycles. The van der Waals surface area contributed by atoms with Gasteiger partial charge in [0, 0.05) is 30.9 Å². The van der Waals surface area contributed by atoms with Crippen molar-refractivity contribution in [1.82, 2.24) is 9.78 Å². The molecule has 1 N–H and O–H groups in total. The summed E-state index contributed by atoms with van der Waals surface area (Å²) in [5, 5.41) is 15.8. The number of anilines is 1. The summed E-state index contributed by atoms with van der Waals surface area (Å²) >= 11 is 7.33. The molecule has 0 bridgehead atoms. The molecule has 226 valence electrons. The van der Waals surface area contributed by atoms with E-state index in [-0.39, 0.29) is 29.1 Å². The van der Waals surface area contributed by atoms with E-state index in [9.17, 15) is 36.3 Å². The number of halogens is 4. The van der Waals surface area contributed by atoms with Crippen LogP contribution in [-0.4, -0.2) is 66.9 Å². The van der Waals surface area contributed by atoms with Crippen molar-refractivity contribution in [3.8, 4) is 5.88 Å². The van der Waals surface area contributed by atoms with Gasteiger partial charge in [0.25, 0.3) is 0 Å². The molecule has 0 fully saturated rings. The van der Waals surface area contributed by atoms with E-state index in [4.69, 9.17) is 16.3 Å². The molecule has 0 radical (unpaired) electrons. The first-order valence-corrected chi connectivity index (χ1v) is 15.3. The number of hydrogen-bond acceptors (Lipinski definition) is 8. The second kappa shape index (κ2) is 13.4. The lowest BCUT2D eigenvalue weighted by Crippen LogP contribution is -2.42. The number of nitrogens with zero attached hydrogens (tertiary/aromatic N) is 3. The third kappa shape index (κ3) is 7.87. The van der Waals surface area contributed by atoms with Crippen LogP contribution in [0.3, 0.4) is 0 Å². The zero-order valence-corrected chi connectivity index (χ0v) is 25.8. The fraction of sp³-hybridized carbons (Fsp3) is 0.423. The van der Waals surface area contributed by atoms with Gasteiger partial charge in [0.15, 0.2) is 9.84 Å². The third-order valence-electron chi connectivity index (χ3n) is 5.96. The van der Waals surface area contributed by atoms with E-state index in [1.54, 1.807) is 23.3 Å². The minimum Gasteiger partial charge on any atom is -0.493 e. The fourth-order valence-electron chi connectivity index (χ4n) is 4.14. The van der Waals surface area contributed by atoms with Crippen molar-refractivity contribution in [2.75, 3.05) is 30.8 Å². The van der Waals surface area contributed by atoms with Crippen LogP contribution in [-0.2, 0) is 32.6 Å². The van der Waals surface area contributed by atoms with Crippen molar-refractivity contribution in [2.24, 2.45) is 7.05 Å². The SMILES string of the molecule is COCC(C)N(C(=O)CCl)c1c(C)csc1C.Cc1nn(C)c(O)c1C(=O)c1ccc(C(F)(F)F)cc1S(C)(=O)=O. The van der Waals surface area contributed by atoms with Crippen molar-refractivity contribution in [3.63, 3.8) is 0 Å². The van der Waals surface area contributed by atoms with Gasteiger partial charge in [-0.05, 0) is 56.8 Å². The van der Waals surface area contributed by atoms with Crippen LogP contribution in [0, 0.1) is 20.8 Å². The van der Waals surface area contributed by atoms with Gasteiger partial charge in [0.2, 0.25) is 17.6 Å². The first kappa shape index (κ1) is 34.3. The number of amides is 1. The number of methoxy groups -OCH3 is 1. The van der Waals surface area contributed by atoms with E-state index in [2.05, 4.69) is 10.5 Å². The second-order valence-electron chi connectivity index (χ2n) is 9.24. The number of hydrogen-bond donors (Lipinski definition) is 1. The molecule has 1 amide bonds. The number of carbonyl (C=O) groups excluding carboxylic acids is 2. The van der Waals surface area contributed by atoms with Crippen LogP contribution in [0.25, 0.3) is 0 Å². The van der Waals surface area contributed by atoms with Gasteiger partial charge in [-0.15, -0.1) is 22.9 Å². The molecule has 15 heteroatoms. The van der Waals surface area contributed by atoms with Crippen LogP contribution in [0.4, 0.5) is 18.9 Å². The van der Waals surface area contributed by atoms with Crippen molar-refractivity contribution in [2.45, 2.75) is 44.8 Å². The Kier molecular flexibility index (Phi) is 11.2. The highest BCUT2D eigenvalue weighted by atomic mass is 35.5. The van der Waals surface area contributed by atoms with Crippen molar-refractivity contribution in [1.29, 1.82) is 0 Å². The van der Waals surface area contributed by atoms with Gasteiger partial charge in [-0.25, -0.2) is 13.1 Å². The highest BCUT2D eigenvalue weighted by molar-refractivity contribution is 7.90. The van der Waals surface area contributed by atoms with Crippen LogP contribution in [0.15, 0.2) is 28.5 Å². The standard InChI is InChI=1S/C14H13F3N2O4S.C12H18ClNO2S/c1-7-11(13(21)19(2)18-7)12(20)9-5-4-8(14(15,16)17)6-10(9)24(3,22)23;1-8-7-17-10(3)12(8)14(11(15)5-13)9(2)6-16-4/h4-6,21H,1-3H3;7,9H,5-6H2,1-4H3. The molecule has 41 heavy (non-hydrogen) atoms. The van der Waals surface area contributed by atoms with Gasteiger partial charge in [-0.3, -0.25) is 9.59 Å². The summed E-state index contributed by atoms with van der Waals surface area (Å²) in [6.45, 7) is 7.90. The first-order chi connectivity index (χ1) is 18.9. The maximum atomic E-state index is 12.8. The Morgan fingerprint density at radius 2 is 1.85 bits per heavy atom. The molecule has 3 aromatic rings. The number of ether oxygens (including phenoxy) is 1. The van der Waals surface area contributed by atoms with E-state index in [1.807, 2.05) is 20.8 Å². The van der Waals surface area contributed by atoms with Crippen LogP contribution in [0.5, 0.6) is 5.88 Å². The van der Waals surface area contributed by atoms with E-state index in [0.717, 1.165) is 26.9 Å². The van der Waals surface area contributed by atoms with Crippen LogP contribution < -0.4 is 4.90 Å². The number of aromatic nitrogens is 2. The molecule has 0 saturated heterocycles. The summed E-state index contributed by atoms with van der Waals surface area (Å²) in [6.07, 6.45) is -4.05. The van der Waals surface area contributed by atoms with Crippen LogP contribution >= 0.6 is 22.9 Å². The highest BCUT2D eigenvalue weighted by Gasteiger charge is 2.34. The molecule has 0 saturated carbocycles. The molecule has 0 aliphatic rings. The van der Waals surface area contributed by atoms with Gasteiger partial charge < -0.3 is 14.7 Å². The van der Waals surface area contributed by atoms with Gasteiger partial charge >= 0.3 is 6.18 Å². The average Bonchev–Trinajstić information content (AvgIpc) is 3.33. The summed E-state index contributed by atoms with van der Waals surface area (Å²) in [5.41, 5.74) is 0.295. The molecule has 1 unspecified atom stereocenters. The monoisotopic (exact) mass is 637 g/mol. The molecule has 0 spiro atoms. The quantitative estimate of drug-likeness (QED) is 0.271. The Morgan fingerprint density at radius 1 is 1.24 bits per heavy atom. The highest BCUT2D eigenvalue weighted by Crippen LogP contribution is 2.34. The number of ketones is 1. The number of rotatable bonds is 8. The number of benzene rings is 1. The maximum Gasteiger partial charge on any atom is 0.416 e. The smallest absolute Gasteiger partial charge is 0.416 e. The summed E-state index contributed by atoms with van der Waals surface area (Å²) in [4.78, 5) is 26.7. The lowest BCUT2D eigenvalue weighted by atomic mass is 10.0. The number of aromatic hydroxyl groups is 1. The maximum absolute atomic E-state index is 12.8. The number of alkyl halides is 4. The molecule has 2 aromatic heterocycles. The van der Waals surface area contributed by atoms with E-state index < -0.39 is 43.7 Å². The summed E-state index contributed by atoms with van der Waals surface area (Å²) < 4.78 is 68.2. The van der Waals surface area contributed by atoms with Crippen LogP contribution in [0.2, 0.25) is 0 Å². The number of thiophene rings is 1. The topological polar surface area (TPSA) is 119 Å². The molecule has 0 aliphatic carbocycles. The van der Waals surface area contributed by atoms with Crippen molar-refractivity contribution in [3.05, 3.63) is 56.4 Å². The lowest BCUT2D eigenvalue weighted by Gasteiger charge is -2.29. The predicted molar refractivity (Wildman–Crippen MR) is 151 cm³/mol. The lowest BCUT2D eigenvalue weighted by molar-refractivity contribution is -0.137. The molecular formula is C26H31ClF3N3O6S2. The average molecular weight is 638 g/mol. The Balaban J connectivity index is 0.000000305. The van der Waals surface area contributed by atoms with Crippen molar-refractivity contribution < 1.29 is 41.0 Å². The van der Waals surface area contributed by atoms with E-state index in [0.29, 0.717) is 25.0 Å². The summed E-state index contributed by atoms with van der Waals surface area (Å²) in [5.74, 6) is -1.52. The Bertz CT molecular complexity index is 1510. The largest absolute Gasteiger partial charge is 0.493 e. The normalized spacial score (nSPS) is 12.5. The van der Waals surface area contributed by atoms with Gasteiger partial charge in [-0.1, -0.05) is 0 Å². The number of sulfone groups is 1. The van der Waals surface area contributed by atoms with Crippen molar-refractivity contribution >= 4 is 50.2 Å². The third-order valence-corrected chi connectivity index (χ3v) is 8.35. The minimum atomic E-state index is -4.76. The predicted octanol–water partition coefficient (Wildman–Crippen LogP) is 5.06. The zero-order chi connectivity index (χ0) is 31.4. The fourth-order valence-corrected chi connectivity index (χ4v) is 6.00. The van der Waals surface area contributed by atoms with E-state index >= 15 is 0 Å². The molecule has 1 aromatic carbocycles. The molecule has 3 rings (SSSR count). The molecule has 9 nitrogen and oxygen atoms in total. The van der Waals surface area contributed by atoms with Crippen LogP contribution in [0.1, 0.15) is 44.5 Å². The molecule has 2 heterocycles. The van der Waals surface area contributed by atoms with Gasteiger partial charge in [0.1, 0.15) is 11.4 Å². The summed E-state index contributed by atoms with van der Waals surface area (Å²) in [6, 6.07) is 1.79. The summed E-state index contributed by atoms with van der Waals surface area (Å²) in [7, 11) is -1.12. The molecular weight excluding hydrogens is 607 g/mol. The number of aryl methyl sites for hydroxylation is 4. The Hall–Kier alpha value is -2.94. The van der Waals surface area contributed by atoms with E-state index in [1.165, 1.54) is 14.0 Å². The second-order valence-corrected chi connectivity index (χ2v) is 12.6. The van der Waals surface area contributed by atoms with Gasteiger partial charge in [-0.2, -0.15) is 18.3 Å². The zero-order valence-electron chi connectivity index (χ0n) is 23.5. The molecule has 1 atom stereocenters. The Morgan fingerprint density at radius 3 is 2.27 bits per heavy atom.